The lowest BCUT2D eigenvalue weighted by Gasteiger charge is -2.27. The molecule has 0 aromatic carbocycles. The number of aromatic nitrogens is 2. The van der Waals surface area contributed by atoms with E-state index in [-0.39, 0.29) is 6.04 Å². The molecule has 1 unspecified atom stereocenters. The van der Waals surface area contributed by atoms with E-state index >= 15 is 0 Å². The fourth-order valence-corrected chi connectivity index (χ4v) is 2.45. The van der Waals surface area contributed by atoms with Crippen LogP contribution in [0.1, 0.15) is 62.2 Å². The first-order valence-electron chi connectivity index (χ1n) is 7.32. The molecule has 1 aromatic rings. The van der Waals surface area contributed by atoms with Gasteiger partial charge in [0.15, 0.2) is 5.82 Å². The molecule has 1 N–H and O–H groups in total. The summed E-state index contributed by atoms with van der Waals surface area (Å²) in [7, 11) is 1.89. The van der Waals surface area contributed by atoms with Crippen LogP contribution in [-0.2, 0) is 12.8 Å². The van der Waals surface area contributed by atoms with Crippen molar-refractivity contribution in [2.75, 3.05) is 11.9 Å². The Morgan fingerprint density at radius 3 is 2.35 bits per heavy atom. The predicted octanol–water partition coefficient (Wildman–Crippen LogP) is 2.92. The Hall–Kier alpha value is -1.65. The standard InChI is InChI=1S/C15H25N3O2/c1-6-9-10(4)18(5)14-13(15(19)20)11(7-2)12(8-3)16-17-14/h10H,6-9H2,1-5H3,(H,19,20). The van der Waals surface area contributed by atoms with Crippen LogP contribution >= 0.6 is 0 Å². The van der Waals surface area contributed by atoms with Crippen LogP contribution in [0.25, 0.3) is 0 Å². The van der Waals surface area contributed by atoms with Crippen LogP contribution in [0.2, 0.25) is 0 Å². The van der Waals surface area contributed by atoms with E-state index in [1.165, 1.54) is 0 Å². The first-order valence-corrected chi connectivity index (χ1v) is 7.32. The molecular formula is C15H25N3O2. The number of nitrogens with zero attached hydrogens (tertiary/aromatic N) is 3. The molecule has 5 nitrogen and oxygen atoms in total. The molecule has 0 spiro atoms. The molecule has 0 fully saturated rings. The fourth-order valence-electron chi connectivity index (χ4n) is 2.45. The molecule has 0 bridgehead atoms. The highest BCUT2D eigenvalue weighted by molar-refractivity contribution is 5.95. The van der Waals surface area contributed by atoms with Crippen LogP contribution in [0, 0.1) is 0 Å². The van der Waals surface area contributed by atoms with Crippen molar-refractivity contribution in [2.45, 2.75) is 59.4 Å². The zero-order valence-electron chi connectivity index (χ0n) is 13.1. The lowest BCUT2D eigenvalue weighted by Crippen LogP contribution is -2.32. The summed E-state index contributed by atoms with van der Waals surface area (Å²) in [4.78, 5) is 13.6. The van der Waals surface area contributed by atoms with E-state index in [4.69, 9.17) is 0 Å². The lowest BCUT2D eigenvalue weighted by molar-refractivity contribution is 0.0695. The molecule has 20 heavy (non-hydrogen) atoms. The van der Waals surface area contributed by atoms with Crippen LogP contribution in [0.4, 0.5) is 5.82 Å². The van der Waals surface area contributed by atoms with Gasteiger partial charge >= 0.3 is 5.97 Å². The molecule has 0 saturated heterocycles. The van der Waals surface area contributed by atoms with E-state index in [9.17, 15) is 9.90 Å². The molecule has 112 valence electrons. The summed E-state index contributed by atoms with van der Waals surface area (Å²) in [5, 5.41) is 18.0. The Balaban J connectivity index is 3.36. The molecule has 1 atom stereocenters. The maximum Gasteiger partial charge on any atom is 0.339 e. The highest BCUT2D eigenvalue weighted by Crippen LogP contribution is 2.25. The number of rotatable bonds is 7. The highest BCUT2D eigenvalue weighted by Gasteiger charge is 2.24. The van der Waals surface area contributed by atoms with Gasteiger partial charge in [0.05, 0.1) is 5.69 Å². The zero-order chi connectivity index (χ0) is 15.3. The van der Waals surface area contributed by atoms with Crippen LogP contribution in [0.3, 0.4) is 0 Å². The van der Waals surface area contributed by atoms with Gasteiger partial charge in [-0.1, -0.05) is 27.2 Å². The summed E-state index contributed by atoms with van der Waals surface area (Å²) < 4.78 is 0. The van der Waals surface area contributed by atoms with E-state index in [0.29, 0.717) is 24.2 Å². The molecule has 0 saturated carbocycles. The van der Waals surface area contributed by atoms with E-state index in [0.717, 1.165) is 24.1 Å². The molecule has 1 rings (SSSR count). The van der Waals surface area contributed by atoms with Gasteiger partial charge in [-0.05, 0) is 31.7 Å². The van der Waals surface area contributed by atoms with Crippen LogP contribution < -0.4 is 4.90 Å². The summed E-state index contributed by atoms with van der Waals surface area (Å²) in [6.07, 6.45) is 3.40. The van der Waals surface area contributed by atoms with Gasteiger partial charge in [-0.15, -0.1) is 5.10 Å². The van der Waals surface area contributed by atoms with Crippen molar-refractivity contribution in [1.82, 2.24) is 10.2 Å². The summed E-state index contributed by atoms with van der Waals surface area (Å²) in [5.41, 5.74) is 1.90. The van der Waals surface area contributed by atoms with Crippen molar-refractivity contribution in [3.8, 4) is 0 Å². The lowest BCUT2D eigenvalue weighted by atomic mass is 10.0. The SMILES string of the molecule is CCCC(C)N(C)c1nnc(CC)c(CC)c1C(=O)O. The Morgan fingerprint density at radius 2 is 1.90 bits per heavy atom. The summed E-state index contributed by atoms with van der Waals surface area (Å²) in [6.45, 7) is 8.13. The normalized spacial score (nSPS) is 12.2. The summed E-state index contributed by atoms with van der Waals surface area (Å²) in [5.74, 6) is -0.440. The van der Waals surface area contributed by atoms with Crippen molar-refractivity contribution in [3.05, 3.63) is 16.8 Å². The maximum atomic E-state index is 11.7. The largest absolute Gasteiger partial charge is 0.478 e. The van der Waals surface area contributed by atoms with Crippen molar-refractivity contribution in [2.24, 2.45) is 0 Å². The minimum Gasteiger partial charge on any atom is -0.478 e. The Morgan fingerprint density at radius 1 is 1.25 bits per heavy atom. The van der Waals surface area contributed by atoms with E-state index < -0.39 is 5.97 Å². The van der Waals surface area contributed by atoms with Gasteiger partial charge in [0, 0.05) is 13.1 Å². The van der Waals surface area contributed by atoms with E-state index in [2.05, 4.69) is 24.0 Å². The average molecular weight is 279 g/mol. The van der Waals surface area contributed by atoms with Gasteiger partial charge in [-0.25, -0.2) is 4.79 Å². The minimum absolute atomic E-state index is 0.240. The smallest absolute Gasteiger partial charge is 0.339 e. The second-order valence-electron chi connectivity index (χ2n) is 5.08. The van der Waals surface area contributed by atoms with Crippen molar-refractivity contribution < 1.29 is 9.90 Å². The Kier molecular flexibility index (Phi) is 5.92. The molecule has 0 aliphatic carbocycles. The van der Waals surface area contributed by atoms with Gasteiger partial charge < -0.3 is 10.0 Å². The number of aromatic carboxylic acids is 1. The number of carboxylic acids is 1. The average Bonchev–Trinajstić information content (AvgIpc) is 2.44. The first kappa shape index (κ1) is 16.4. The van der Waals surface area contributed by atoms with Gasteiger partial charge in [-0.3, -0.25) is 0 Å². The Labute approximate surface area is 121 Å². The van der Waals surface area contributed by atoms with Crippen LogP contribution in [0.15, 0.2) is 0 Å². The molecule has 5 heteroatoms. The van der Waals surface area contributed by atoms with Gasteiger partial charge in [-0.2, -0.15) is 5.10 Å². The van der Waals surface area contributed by atoms with Gasteiger partial charge in [0.1, 0.15) is 5.56 Å². The Bertz CT molecular complexity index is 474. The molecular weight excluding hydrogens is 254 g/mol. The van der Waals surface area contributed by atoms with Gasteiger partial charge in [0.2, 0.25) is 0 Å². The number of hydrogen-bond acceptors (Lipinski definition) is 4. The number of anilines is 1. The number of aryl methyl sites for hydroxylation is 1. The minimum atomic E-state index is -0.919. The fraction of sp³-hybridized carbons (Fsp3) is 0.667. The highest BCUT2D eigenvalue weighted by atomic mass is 16.4. The van der Waals surface area contributed by atoms with Gasteiger partial charge in [0.25, 0.3) is 0 Å². The second kappa shape index (κ2) is 7.22. The number of carboxylic acid groups (broad SMARTS) is 1. The summed E-state index contributed by atoms with van der Waals surface area (Å²) >= 11 is 0. The second-order valence-corrected chi connectivity index (χ2v) is 5.08. The number of hydrogen-bond donors (Lipinski definition) is 1. The maximum absolute atomic E-state index is 11.7. The van der Waals surface area contributed by atoms with Crippen molar-refractivity contribution >= 4 is 11.8 Å². The first-order chi connectivity index (χ1) is 9.47. The van der Waals surface area contributed by atoms with Crippen molar-refractivity contribution in [3.63, 3.8) is 0 Å². The van der Waals surface area contributed by atoms with Crippen molar-refractivity contribution in [1.29, 1.82) is 0 Å². The van der Waals surface area contributed by atoms with Crippen LogP contribution in [-0.4, -0.2) is 34.4 Å². The molecule has 1 aromatic heterocycles. The molecule has 1 heterocycles. The quantitative estimate of drug-likeness (QED) is 0.831. The third kappa shape index (κ3) is 3.26. The number of carbonyl (C=O) groups is 1. The zero-order valence-corrected chi connectivity index (χ0v) is 13.1. The topological polar surface area (TPSA) is 66.3 Å². The predicted molar refractivity (Wildman–Crippen MR) is 80.5 cm³/mol. The molecule has 0 amide bonds. The monoisotopic (exact) mass is 279 g/mol. The van der Waals surface area contributed by atoms with E-state index in [1.54, 1.807) is 0 Å². The molecule has 0 aliphatic heterocycles. The third-order valence-corrected chi connectivity index (χ3v) is 3.74. The molecule has 0 aliphatic rings. The summed E-state index contributed by atoms with van der Waals surface area (Å²) in [6, 6.07) is 0.240. The third-order valence-electron chi connectivity index (χ3n) is 3.74. The molecule has 0 radical (unpaired) electrons. The van der Waals surface area contributed by atoms with Crippen LogP contribution in [0.5, 0.6) is 0 Å². The van der Waals surface area contributed by atoms with E-state index in [1.807, 2.05) is 25.8 Å².